The molecule has 0 rings (SSSR count). The van der Waals surface area contributed by atoms with E-state index in [1.807, 2.05) is 0 Å². The Balaban J connectivity index is 3.45. The largest absolute Gasteiger partial charge is 0.288 e. The van der Waals surface area contributed by atoms with Crippen molar-refractivity contribution in [3.8, 4) is 0 Å². The molecule has 0 aliphatic rings. The van der Waals surface area contributed by atoms with Gasteiger partial charge >= 0.3 is 0 Å². The zero-order valence-electron chi connectivity index (χ0n) is 13.0. The van der Waals surface area contributed by atoms with E-state index in [2.05, 4.69) is 6.92 Å². The van der Waals surface area contributed by atoms with Crippen molar-refractivity contribution in [2.75, 3.05) is 17.3 Å². The minimum Gasteiger partial charge on any atom is -0.288 e. The van der Waals surface area contributed by atoms with Crippen LogP contribution in [0.3, 0.4) is 0 Å². The molecule has 3 nitrogen and oxygen atoms in total. The van der Waals surface area contributed by atoms with Gasteiger partial charge in [-0.15, -0.1) is 0 Å². The van der Waals surface area contributed by atoms with E-state index in [1.54, 1.807) is 6.92 Å². The van der Waals surface area contributed by atoms with Crippen LogP contribution < -0.4 is 0 Å². The number of unbranched alkanes of at least 4 members (excludes halogenated alkanes) is 7. The summed E-state index contributed by atoms with van der Waals surface area (Å²) in [6.07, 6.45) is 9.14. The van der Waals surface area contributed by atoms with Crippen molar-refractivity contribution in [1.29, 1.82) is 0 Å². The zero-order chi connectivity index (χ0) is 15.3. The number of sulfone groups is 1. The summed E-state index contributed by atoms with van der Waals surface area (Å²) in [6.45, 7) is 3.74. The van der Waals surface area contributed by atoms with E-state index < -0.39 is 9.84 Å². The van der Waals surface area contributed by atoms with Gasteiger partial charge in [0.1, 0.15) is 9.84 Å². The number of rotatable bonds is 13. The summed E-state index contributed by atoms with van der Waals surface area (Å²) in [5, 5.41) is 0.163. The average Bonchev–Trinajstić information content (AvgIpc) is 2.37. The molecule has 0 aromatic rings. The van der Waals surface area contributed by atoms with E-state index in [1.165, 1.54) is 24.6 Å². The second-order valence-electron chi connectivity index (χ2n) is 5.32. The summed E-state index contributed by atoms with van der Waals surface area (Å²) in [5.74, 6) is 1.55. The third-order valence-electron chi connectivity index (χ3n) is 3.21. The lowest BCUT2D eigenvalue weighted by molar-refractivity contribution is -0.109. The molecule has 0 saturated heterocycles. The predicted octanol–water partition coefficient (Wildman–Crippen LogP) is 4.21. The lowest BCUT2D eigenvalue weighted by Crippen LogP contribution is -2.11. The number of carbonyl (C=O) groups is 1. The SMILES string of the molecule is CCCCCCCS(=O)(=O)CCCCCCSC(C)=O. The minimum atomic E-state index is -2.83. The Morgan fingerprint density at radius 1 is 0.850 bits per heavy atom. The van der Waals surface area contributed by atoms with Crippen molar-refractivity contribution in [1.82, 2.24) is 0 Å². The van der Waals surface area contributed by atoms with Crippen LogP contribution in [-0.2, 0) is 14.6 Å². The van der Waals surface area contributed by atoms with Crippen LogP contribution in [0.4, 0.5) is 0 Å². The van der Waals surface area contributed by atoms with Crippen molar-refractivity contribution >= 4 is 26.7 Å². The summed E-state index contributed by atoms with van der Waals surface area (Å²) < 4.78 is 23.6. The van der Waals surface area contributed by atoms with Crippen molar-refractivity contribution in [2.24, 2.45) is 0 Å². The van der Waals surface area contributed by atoms with E-state index in [-0.39, 0.29) is 5.12 Å². The Hall–Kier alpha value is -0.0300. The van der Waals surface area contributed by atoms with Gasteiger partial charge in [-0.25, -0.2) is 8.42 Å². The van der Waals surface area contributed by atoms with E-state index >= 15 is 0 Å². The third kappa shape index (κ3) is 14.4. The maximum absolute atomic E-state index is 11.8. The highest BCUT2D eigenvalue weighted by Crippen LogP contribution is 2.10. The smallest absolute Gasteiger partial charge is 0.185 e. The second kappa shape index (κ2) is 12.7. The van der Waals surface area contributed by atoms with Gasteiger partial charge in [0.15, 0.2) is 5.12 Å². The number of hydrogen-bond acceptors (Lipinski definition) is 4. The van der Waals surface area contributed by atoms with Gasteiger partial charge in [0.05, 0.1) is 11.5 Å². The number of thioether (sulfide) groups is 1. The Morgan fingerprint density at radius 2 is 1.35 bits per heavy atom. The molecule has 0 heterocycles. The highest BCUT2D eigenvalue weighted by molar-refractivity contribution is 8.13. The molecule has 0 amide bonds. The Bertz CT molecular complexity index is 337. The maximum atomic E-state index is 11.8. The molecule has 0 aliphatic carbocycles. The second-order valence-corrected chi connectivity index (χ2v) is 8.90. The van der Waals surface area contributed by atoms with E-state index in [0.717, 1.165) is 50.7 Å². The Kier molecular flexibility index (Phi) is 12.7. The van der Waals surface area contributed by atoms with Crippen molar-refractivity contribution in [3.05, 3.63) is 0 Å². The third-order valence-corrected chi connectivity index (χ3v) is 5.93. The van der Waals surface area contributed by atoms with Crippen LogP contribution in [0, 0.1) is 0 Å². The van der Waals surface area contributed by atoms with Gasteiger partial charge in [-0.2, -0.15) is 0 Å². The van der Waals surface area contributed by atoms with Gasteiger partial charge in [0, 0.05) is 12.7 Å². The molecule has 5 heteroatoms. The van der Waals surface area contributed by atoms with Gasteiger partial charge in [-0.3, -0.25) is 4.79 Å². The summed E-state index contributed by atoms with van der Waals surface area (Å²) in [5.41, 5.74) is 0. The molecule has 0 N–H and O–H groups in total. The van der Waals surface area contributed by atoms with Crippen LogP contribution in [-0.4, -0.2) is 30.8 Å². The molecule has 0 aromatic heterocycles. The monoisotopic (exact) mass is 322 g/mol. The Labute approximate surface area is 129 Å². The fraction of sp³-hybridized carbons (Fsp3) is 0.933. The normalized spacial score (nSPS) is 11.7. The molecular formula is C15H30O3S2. The molecule has 0 unspecified atom stereocenters. The molecule has 0 spiro atoms. The highest BCUT2D eigenvalue weighted by atomic mass is 32.2. The van der Waals surface area contributed by atoms with Crippen LogP contribution in [0.2, 0.25) is 0 Å². The van der Waals surface area contributed by atoms with E-state index in [0.29, 0.717) is 11.5 Å². The molecule has 0 fully saturated rings. The van der Waals surface area contributed by atoms with Gasteiger partial charge in [0.2, 0.25) is 0 Å². The van der Waals surface area contributed by atoms with Gasteiger partial charge in [0.25, 0.3) is 0 Å². The highest BCUT2D eigenvalue weighted by Gasteiger charge is 2.09. The van der Waals surface area contributed by atoms with Crippen LogP contribution in [0.5, 0.6) is 0 Å². The summed E-state index contributed by atoms with van der Waals surface area (Å²) >= 11 is 1.36. The first-order valence-corrected chi connectivity index (χ1v) is 10.6. The predicted molar refractivity (Wildman–Crippen MR) is 89.0 cm³/mol. The van der Waals surface area contributed by atoms with E-state index in [9.17, 15) is 13.2 Å². The quantitative estimate of drug-likeness (QED) is 0.477. The lowest BCUT2D eigenvalue weighted by atomic mass is 10.2. The first-order valence-electron chi connectivity index (χ1n) is 7.81. The number of hydrogen-bond donors (Lipinski definition) is 0. The fourth-order valence-electron chi connectivity index (χ4n) is 2.02. The molecule has 0 bridgehead atoms. The first kappa shape index (κ1) is 20.0. The fourth-order valence-corrected chi connectivity index (χ4v) is 4.15. The van der Waals surface area contributed by atoms with Gasteiger partial charge in [-0.1, -0.05) is 57.2 Å². The van der Waals surface area contributed by atoms with Crippen molar-refractivity contribution in [2.45, 2.75) is 71.6 Å². The zero-order valence-corrected chi connectivity index (χ0v) is 14.7. The molecule has 20 heavy (non-hydrogen) atoms. The van der Waals surface area contributed by atoms with E-state index in [4.69, 9.17) is 0 Å². The van der Waals surface area contributed by atoms with Crippen LogP contribution in [0.25, 0.3) is 0 Å². The molecule has 0 radical (unpaired) electrons. The van der Waals surface area contributed by atoms with Crippen molar-refractivity contribution in [3.63, 3.8) is 0 Å². The van der Waals surface area contributed by atoms with Crippen LogP contribution in [0.1, 0.15) is 71.6 Å². The van der Waals surface area contributed by atoms with Crippen LogP contribution in [0.15, 0.2) is 0 Å². The molecular weight excluding hydrogens is 292 g/mol. The van der Waals surface area contributed by atoms with Crippen LogP contribution >= 0.6 is 11.8 Å². The van der Waals surface area contributed by atoms with Gasteiger partial charge in [-0.05, 0) is 19.3 Å². The molecule has 0 saturated carbocycles. The van der Waals surface area contributed by atoms with Crippen molar-refractivity contribution < 1.29 is 13.2 Å². The Morgan fingerprint density at radius 3 is 1.85 bits per heavy atom. The van der Waals surface area contributed by atoms with Gasteiger partial charge < -0.3 is 0 Å². The molecule has 0 aliphatic heterocycles. The number of carbonyl (C=O) groups excluding carboxylic acids is 1. The molecule has 0 atom stereocenters. The summed E-state index contributed by atoms with van der Waals surface area (Å²) in [7, 11) is -2.83. The average molecular weight is 323 g/mol. The molecule has 0 aromatic carbocycles. The standard InChI is InChI=1S/C15H30O3S2/c1-3-4-5-7-10-13-20(17,18)14-11-8-6-9-12-19-15(2)16/h3-14H2,1-2H3. The maximum Gasteiger partial charge on any atom is 0.185 e. The minimum absolute atomic E-state index is 0.163. The molecule has 120 valence electrons. The topological polar surface area (TPSA) is 51.2 Å². The lowest BCUT2D eigenvalue weighted by Gasteiger charge is -2.04. The first-order chi connectivity index (χ1) is 9.48. The summed E-state index contributed by atoms with van der Waals surface area (Å²) in [4.78, 5) is 10.7. The summed E-state index contributed by atoms with van der Waals surface area (Å²) in [6, 6.07) is 0.